The van der Waals surface area contributed by atoms with Gasteiger partial charge < -0.3 is 32.8 Å². The van der Waals surface area contributed by atoms with Crippen molar-refractivity contribution < 1.29 is 36.9 Å². The van der Waals surface area contributed by atoms with E-state index in [1.165, 1.54) is 18.2 Å². The van der Waals surface area contributed by atoms with E-state index in [1.807, 2.05) is 34.9 Å². The Morgan fingerprint density at radius 1 is 0.667 bits per heavy atom. The van der Waals surface area contributed by atoms with Crippen LogP contribution in [0.2, 0.25) is 0 Å². The first-order valence-electron chi connectivity index (χ1n) is 18.1. The zero-order chi connectivity index (χ0) is 41.8. The van der Waals surface area contributed by atoms with Gasteiger partial charge >= 0.3 is 6.18 Å². The van der Waals surface area contributed by atoms with E-state index in [9.17, 15) is 13.2 Å². The van der Waals surface area contributed by atoms with Gasteiger partial charge in [-0.1, -0.05) is 58.0 Å². The molecule has 306 valence electrons. The Hall–Kier alpha value is -3.38. The lowest BCUT2D eigenvalue weighted by Gasteiger charge is -2.15. The summed E-state index contributed by atoms with van der Waals surface area (Å²) in [6.45, 7) is 10.6. The molecule has 2 aromatic heterocycles. The van der Waals surface area contributed by atoms with Gasteiger partial charge in [0.25, 0.3) is 0 Å². The van der Waals surface area contributed by atoms with Crippen LogP contribution in [0.1, 0.15) is 56.2 Å². The molecule has 0 aliphatic heterocycles. The van der Waals surface area contributed by atoms with Gasteiger partial charge in [-0.05, 0) is 102 Å². The summed E-state index contributed by atoms with van der Waals surface area (Å²) in [6.07, 6.45) is -4.53. The van der Waals surface area contributed by atoms with Crippen LogP contribution in [0.25, 0.3) is 44.8 Å². The third-order valence-electron chi connectivity index (χ3n) is 9.55. The highest BCUT2D eigenvalue weighted by Crippen LogP contribution is 2.44. The fourth-order valence-electron chi connectivity index (χ4n) is 6.47. The average Bonchev–Trinajstić information content (AvgIpc) is 3.77. The minimum atomic E-state index is -4.53. The van der Waals surface area contributed by atoms with Crippen LogP contribution in [0.15, 0.2) is 63.5 Å². The minimum Gasteiger partial charge on any atom is -0.496 e. The van der Waals surface area contributed by atoms with Gasteiger partial charge in [0.2, 0.25) is 0 Å². The Morgan fingerprint density at radius 3 is 1.70 bits per heavy atom. The maximum Gasteiger partial charge on any atom is 0.417 e. The number of hydrogen-bond donors (Lipinski definition) is 0. The molecule has 0 saturated heterocycles. The van der Waals surface area contributed by atoms with Crippen molar-refractivity contribution in [3.8, 4) is 40.0 Å². The predicted molar refractivity (Wildman–Crippen MR) is 235 cm³/mol. The molecule has 15 heteroatoms. The monoisotopic (exact) mass is 1030 g/mol. The SMILES string of the molecule is COCCn1c(-c2ccc(C(C)C)cc2)nc2c(Br)c(C(F)(F)F)cc(OC)c21.COCCn1c(-c2ccc(C(C)C)cc2OC)nc2c(I)c(Br)cc(OC)c21. The van der Waals surface area contributed by atoms with Crippen molar-refractivity contribution in [1.29, 1.82) is 0 Å². The molecule has 0 saturated carbocycles. The second-order valence-corrected chi connectivity index (χ2v) is 16.5. The van der Waals surface area contributed by atoms with E-state index >= 15 is 0 Å². The summed E-state index contributed by atoms with van der Waals surface area (Å²) in [5.74, 6) is 3.90. The van der Waals surface area contributed by atoms with Crippen LogP contribution in [0.5, 0.6) is 17.2 Å². The highest BCUT2D eigenvalue weighted by molar-refractivity contribution is 14.1. The second-order valence-electron chi connectivity index (χ2n) is 13.8. The number of halogens is 6. The summed E-state index contributed by atoms with van der Waals surface area (Å²) in [6, 6.07) is 17.2. The number of nitrogens with zero attached hydrogens (tertiary/aromatic N) is 4. The quantitative estimate of drug-likeness (QED) is 0.107. The Labute approximate surface area is 361 Å². The van der Waals surface area contributed by atoms with Gasteiger partial charge in [-0.15, -0.1) is 0 Å². The largest absolute Gasteiger partial charge is 0.496 e. The Balaban J connectivity index is 0.000000218. The molecule has 0 spiro atoms. The lowest BCUT2D eigenvalue weighted by atomic mass is 10.0. The fourth-order valence-corrected chi connectivity index (χ4v) is 8.02. The van der Waals surface area contributed by atoms with Crippen molar-refractivity contribution in [2.75, 3.05) is 48.8 Å². The number of rotatable bonds is 13. The van der Waals surface area contributed by atoms with Crippen LogP contribution < -0.4 is 14.2 Å². The predicted octanol–water partition coefficient (Wildman–Crippen LogP) is 12.1. The Morgan fingerprint density at radius 2 is 1.18 bits per heavy atom. The minimum absolute atomic E-state index is 0.1000. The van der Waals surface area contributed by atoms with E-state index in [0.29, 0.717) is 49.5 Å². The van der Waals surface area contributed by atoms with E-state index in [2.05, 4.69) is 110 Å². The molecular weight excluding hydrogens is 984 g/mol. The van der Waals surface area contributed by atoms with Gasteiger partial charge in [-0.25, -0.2) is 9.97 Å². The zero-order valence-corrected chi connectivity index (χ0v) is 38.6. The van der Waals surface area contributed by atoms with Gasteiger partial charge in [0.15, 0.2) is 0 Å². The molecule has 0 N–H and O–H groups in total. The summed E-state index contributed by atoms with van der Waals surface area (Å²) in [5, 5.41) is 0. The molecular formula is C42H46Br2F3IN4O5. The van der Waals surface area contributed by atoms with Crippen molar-refractivity contribution >= 4 is 76.5 Å². The van der Waals surface area contributed by atoms with Crippen molar-refractivity contribution in [1.82, 2.24) is 19.1 Å². The van der Waals surface area contributed by atoms with Gasteiger partial charge in [-0.3, -0.25) is 0 Å². The first-order chi connectivity index (χ1) is 27.1. The third kappa shape index (κ3) is 9.42. The van der Waals surface area contributed by atoms with Crippen molar-refractivity contribution in [3.63, 3.8) is 0 Å². The first-order valence-corrected chi connectivity index (χ1v) is 20.8. The molecule has 0 aliphatic carbocycles. The third-order valence-corrected chi connectivity index (χ3v) is 12.8. The second kappa shape index (κ2) is 19.1. The number of fused-ring (bicyclic) bond motifs is 2. The molecule has 0 aliphatic rings. The smallest absolute Gasteiger partial charge is 0.417 e. The molecule has 0 radical (unpaired) electrons. The van der Waals surface area contributed by atoms with Crippen LogP contribution in [0, 0.1) is 3.57 Å². The van der Waals surface area contributed by atoms with E-state index in [1.54, 1.807) is 28.4 Å². The highest BCUT2D eigenvalue weighted by atomic mass is 127. The van der Waals surface area contributed by atoms with Crippen LogP contribution in [0.4, 0.5) is 13.2 Å². The fraction of sp³-hybridized carbons (Fsp3) is 0.381. The summed E-state index contributed by atoms with van der Waals surface area (Å²) < 4.78 is 73.7. The normalized spacial score (nSPS) is 11.8. The molecule has 0 amide bonds. The van der Waals surface area contributed by atoms with Gasteiger partial charge in [0.05, 0.1) is 53.7 Å². The van der Waals surface area contributed by atoms with Crippen molar-refractivity contribution in [3.05, 3.63) is 83.8 Å². The number of ether oxygens (including phenoxy) is 5. The number of methoxy groups -OCH3 is 5. The molecule has 0 unspecified atom stereocenters. The lowest BCUT2D eigenvalue weighted by Crippen LogP contribution is -2.09. The lowest BCUT2D eigenvalue weighted by molar-refractivity contribution is -0.138. The maximum absolute atomic E-state index is 13.5. The standard InChI is InChI=1S/C21H22BrF3N2O2.C21H24BrIN2O3/c1-12(2)13-5-7-14(8-6-13)20-26-18-17(22)15(21(23,24)25)11-16(29-4)19(18)27(20)9-10-28-3;1-12(2)13-6-7-14(16(10-13)27-4)21-24-19-18(23)15(22)11-17(28-5)20(19)25(21)8-9-26-3/h5-8,11-12H,9-10H2,1-4H3;6-7,10-12H,8-9H2,1-5H3. The number of hydrogen-bond acceptors (Lipinski definition) is 7. The number of imidazole rings is 2. The number of aromatic nitrogens is 4. The molecule has 2 heterocycles. The highest BCUT2D eigenvalue weighted by Gasteiger charge is 2.36. The van der Waals surface area contributed by atoms with Crippen molar-refractivity contribution in [2.24, 2.45) is 0 Å². The van der Waals surface area contributed by atoms with Gasteiger partial charge in [0.1, 0.15) is 51.0 Å². The Bertz CT molecular complexity index is 2340. The van der Waals surface area contributed by atoms with Crippen LogP contribution in [0.3, 0.4) is 0 Å². The maximum atomic E-state index is 13.5. The van der Waals surface area contributed by atoms with E-state index < -0.39 is 11.7 Å². The van der Waals surface area contributed by atoms with E-state index in [-0.39, 0.29) is 15.7 Å². The molecule has 57 heavy (non-hydrogen) atoms. The molecule has 9 nitrogen and oxygen atoms in total. The number of alkyl halides is 3. The van der Waals surface area contributed by atoms with Gasteiger partial charge in [-0.2, -0.15) is 13.2 Å². The van der Waals surface area contributed by atoms with E-state index in [0.717, 1.165) is 53.6 Å². The van der Waals surface area contributed by atoms with Crippen LogP contribution in [-0.2, 0) is 28.7 Å². The number of benzene rings is 4. The first kappa shape index (κ1) is 44.7. The molecule has 0 bridgehead atoms. The molecule has 0 fully saturated rings. The summed E-state index contributed by atoms with van der Waals surface area (Å²) in [4.78, 5) is 9.57. The van der Waals surface area contributed by atoms with Crippen molar-refractivity contribution in [2.45, 2.75) is 58.8 Å². The average molecular weight is 1030 g/mol. The van der Waals surface area contributed by atoms with Crippen LogP contribution >= 0.6 is 54.5 Å². The zero-order valence-electron chi connectivity index (χ0n) is 33.3. The van der Waals surface area contributed by atoms with E-state index in [4.69, 9.17) is 28.7 Å². The molecule has 6 aromatic rings. The molecule has 6 rings (SSSR count). The summed E-state index contributed by atoms with van der Waals surface area (Å²) >= 11 is 9.05. The molecule has 0 atom stereocenters. The summed E-state index contributed by atoms with van der Waals surface area (Å²) in [7, 11) is 8.01. The Kier molecular flexibility index (Phi) is 15.0. The summed E-state index contributed by atoms with van der Waals surface area (Å²) in [5.41, 5.74) is 5.90. The topological polar surface area (TPSA) is 81.8 Å². The van der Waals surface area contributed by atoms with Crippen LogP contribution in [-0.4, -0.2) is 67.9 Å². The van der Waals surface area contributed by atoms with Gasteiger partial charge in [0, 0.05) is 37.3 Å². The molecule has 4 aromatic carbocycles.